The van der Waals surface area contributed by atoms with Gasteiger partial charge in [0.15, 0.2) is 0 Å². The molecule has 1 amide bonds. The summed E-state index contributed by atoms with van der Waals surface area (Å²) in [6.45, 7) is 5.67. The number of amides is 1. The van der Waals surface area contributed by atoms with Gasteiger partial charge in [0.1, 0.15) is 11.1 Å². The Morgan fingerprint density at radius 2 is 1.38 bits per heavy atom. The number of aromatic nitrogens is 2. The van der Waals surface area contributed by atoms with Crippen LogP contribution in [0.4, 0.5) is 4.79 Å². The standard InChI is InChI=1S/C33H35N3O4/c1-32(2,3)40-31(39)34-21-13-14-25(30(37)38)22-29-23-36(24-35-29)33(26-15-7-4-8-16-26,27-17-9-5-10-18-27)28-19-11-6-12-20-28/h4-12,15-20,22-24H,13-14,21H2,1-3H3,(H,34,39)(H,37,38)/b25-22+. The average molecular weight is 538 g/mol. The van der Waals surface area contributed by atoms with Gasteiger partial charge in [0.2, 0.25) is 0 Å². The molecule has 0 saturated carbocycles. The third-order valence-corrected chi connectivity index (χ3v) is 6.45. The number of carboxylic acids is 1. The van der Waals surface area contributed by atoms with Gasteiger partial charge in [-0.25, -0.2) is 14.6 Å². The van der Waals surface area contributed by atoms with Crippen molar-refractivity contribution in [3.8, 4) is 0 Å². The van der Waals surface area contributed by atoms with Crippen molar-refractivity contribution in [1.29, 1.82) is 0 Å². The lowest BCUT2D eigenvalue weighted by Crippen LogP contribution is -2.36. The van der Waals surface area contributed by atoms with Gasteiger partial charge in [-0.1, -0.05) is 91.0 Å². The van der Waals surface area contributed by atoms with Crippen LogP contribution >= 0.6 is 0 Å². The van der Waals surface area contributed by atoms with E-state index >= 15 is 0 Å². The van der Waals surface area contributed by atoms with Gasteiger partial charge in [-0.3, -0.25) is 0 Å². The highest BCUT2D eigenvalue weighted by Gasteiger charge is 2.38. The maximum atomic E-state index is 12.1. The molecule has 0 atom stereocenters. The summed E-state index contributed by atoms with van der Waals surface area (Å²) >= 11 is 0. The van der Waals surface area contributed by atoms with Gasteiger partial charge in [0, 0.05) is 18.3 Å². The second-order valence-electron chi connectivity index (χ2n) is 10.5. The van der Waals surface area contributed by atoms with E-state index in [1.165, 1.54) is 0 Å². The number of carbonyl (C=O) groups is 2. The summed E-state index contributed by atoms with van der Waals surface area (Å²) in [7, 11) is 0. The van der Waals surface area contributed by atoms with Crippen LogP contribution in [0.15, 0.2) is 109 Å². The first-order chi connectivity index (χ1) is 19.2. The molecule has 1 heterocycles. The Morgan fingerprint density at radius 3 is 1.82 bits per heavy atom. The second kappa shape index (κ2) is 12.5. The summed E-state index contributed by atoms with van der Waals surface area (Å²) in [5, 5.41) is 12.6. The smallest absolute Gasteiger partial charge is 0.407 e. The van der Waals surface area contributed by atoms with Crippen LogP contribution in [-0.4, -0.2) is 38.9 Å². The highest BCUT2D eigenvalue weighted by molar-refractivity contribution is 5.91. The minimum Gasteiger partial charge on any atom is -0.478 e. The minimum absolute atomic E-state index is 0.209. The number of imidazole rings is 1. The molecule has 1 aromatic heterocycles. The molecule has 7 heteroatoms. The second-order valence-corrected chi connectivity index (χ2v) is 10.5. The van der Waals surface area contributed by atoms with Crippen molar-refractivity contribution in [2.45, 2.75) is 44.8 Å². The topological polar surface area (TPSA) is 93.5 Å². The van der Waals surface area contributed by atoms with Crippen LogP contribution in [0.25, 0.3) is 6.08 Å². The van der Waals surface area contributed by atoms with Crippen molar-refractivity contribution >= 4 is 18.1 Å². The fourth-order valence-electron chi connectivity index (χ4n) is 4.78. The third kappa shape index (κ3) is 6.67. The molecule has 40 heavy (non-hydrogen) atoms. The Kier molecular flexibility index (Phi) is 8.84. The molecule has 206 valence electrons. The summed E-state index contributed by atoms with van der Waals surface area (Å²) in [6.07, 6.45) is 5.42. The van der Waals surface area contributed by atoms with Crippen LogP contribution in [0.5, 0.6) is 0 Å². The van der Waals surface area contributed by atoms with E-state index in [2.05, 4.69) is 46.7 Å². The summed E-state index contributed by atoms with van der Waals surface area (Å²) in [5.74, 6) is -1.02. The number of aliphatic carboxylic acids is 1. The zero-order valence-corrected chi connectivity index (χ0v) is 23.1. The monoisotopic (exact) mass is 537 g/mol. The predicted molar refractivity (Wildman–Crippen MR) is 156 cm³/mol. The van der Waals surface area contributed by atoms with Crippen LogP contribution in [0.3, 0.4) is 0 Å². The van der Waals surface area contributed by atoms with E-state index in [1.807, 2.05) is 65.4 Å². The van der Waals surface area contributed by atoms with Gasteiger partial charge in [-0.15, -0.1) is 0 Å². The van der Waals surface area contributed by atoms with E-state index in [4.69, 9.17) is 4.74 Å². The zero-order chi connectivity index (χ0) is 28.6. The first-order valence-electron chi connectivity index (χ1n) is 13.3. The van der Waals surface area contributed by atoms with Crippen molar-refractivity contribution in [3.05, 3.63) is 131 Å². The Bertz CT molecular complexity index is 1340. The first kappa shape index (κ1) is 28.4. The maximum Gasteiger partial charge on any atom is 0.407 e. The van der Waals surface area contributed by atoms with Gasteiger partial charge in [0.25, 0.3) is 0 Å². The zero-order valence-electron chi connectivity index (χ0n) is 23.1. The SMILES string of the molecule is CC(C)(C)OC(=O)NCCC/C(=C\c1cn(C(c2ccccc2)(c2ccccc2)c2ccccc2)cn1)C(=O)O. The normalized spacial score (nSPS) is 12.1. The molecule has 0 unspecified atom stereocenters. The average Bonchev–Trinajstić information content (AvgIpc) is 3.40. The summed E-state index contributed by atoms with van der Waals surface area (Å²) in [6, 6.07) is 30.6. The highest BCUT2D eigenvalue weighted by Crippen LogP contribution is 2.40. The largest absolute Gasteiger partial charge is 0.478 e. The number of hydrogen-bond acceptors (Lipinski definition) is 4. The molecule has 0 radical (unpaired) electrons. The quantitative estimate of drug-likeness (QED) is 0.137. The van der Waals surface area contributed by atoms with E-state index in [0.717, 1.165) is 16.7 Å². The van der Waals surface area contributed by atoms with Crippen molar-refractivity contribution in [1.82, 2.24) is 14.9 Å². The lowest BCUT2D eigenvalue weighted by Gasteiger charge is -2.37. The van der Waals surface area contributed by atoms with E-state index in [-0.39, 0.29) is 12.0 Å². The van der Waals surface area contributed by atoms with Crippen LogP contribution in [-0.2, 0) is 15.1 Å². The van der Waals surface area contributed by atoms with E-state index < -0.39 is 23.2 Å². The maximum absolute atomic E-state index is 12.1. The Labute approximate surface area is 235 Å². The van der Waals surface area contributed by atoms with Crippen molar-refractivity contribution in [3.63, 3.8) is 0 Å². The van der Waals surface area contributed by atoms with Gasteiger partial charge in [-0.2, -0.15) is 0 Å². The van der Waals surface area contributed by atoms with Crippen LogP contribution in [0.2, 0.25) is 0 Å². The number of benzene rings is 3. The third-order valence-electron chi connectivity index (χ3n) is 6.45. The summed E-state index contributed by atoms with van der Waals surface area (Å²) in [5.41, 5.74) is 2.56. The number of carbonyl (C=O) groups excluding carboxylic acids is 1. The predicted octanol–water partition coefficient (Wildman–Crippen LogP) is 6.50. The van der Waals surface area contributed by atoms with Crippen molar-refractivity contribution < 1.29 is 19.4 Å². The van der Waals surface area contributed by atoms with Gasteiger partial charge < -0.3 is 19.7 Å². The van der Waals surface area contributed by atoms with E-state index in [1.54, 1.807) is 33.2 Å². The number of hydrogen-bond donors (Lipinski definition) is 2. The Hall–Kier alpha value is -4.65. The van der Waals surface area contributed by atoms with Gasteiger partial charge in [-0.05, 0) is 56.4 Å². The lowest BCUT2D eigenvalue weighted by atomic mass is 9.77. The van der Waals surface area contributed by atoms with Crippen molar-refractivity contribution in [2.75, 3.05) is 6.54 Å². The molecule has 3 aromatic carbocycles. The molecule has 7 nitrogen and oxygen atoms in total. The van der Waals surface area contributed by atoms with Crippen molar-refractivity contribution in [2.24, 2.45) is 0 Å². The number of nitrogens with zero attached hydrogens (tertiary/aromatic N) is 2. The molecule has 4 aromatic rings. The number of carboxylic acid groups (broad SMARTS) is 1. The van der Waals surface area contributed by atoms with Gasteiger partial charge in [0.05, 0.1) is 12.0 Å². The molecule has 0 aliphatic heterocycles. The van der Waals surface area contributed by atoms with Crippen LogP contribution < -0.4 is 5.32 Å². The number of alkyl carbamates (subject to hydrolysis) is 1. The summed E-state index contributed by atoms with van der Waals surface area (Å²) in [4.78, 5) is 28.6. The molecule has 0 spiro atoms. The Balaban J connectivity index is 1.68. The van der Waals surface area contributed by atoms with Crippen LogP contribution in [0, 0.1) is 0 Å². The van der Waals surface area contributed by atoms with Crippen LogP contribution in [0.1, 0.15) is 56.0 Å². The van der Waals surface area contributed by atoms with E-state index in [0.29, 0.717) is 18.7 Å². The molecule has 0 bridgehead atoms. The molecule has 0 saturated heterocycles. The Morgan fingerprint density at radius 1 is 0.875 bits per heavy atom. The lowest BCUT2D eigenvalue weighted by molar-refractivity contribution is -0.132. The number of rotatable bonds is 10. The first-order valence-corrected chi connectivity index (χ1v) is 13.3. The van der Waals surface area contributed by atoms with E-state index in [9.17, 15) is 14.7 Å². The molecular weight excluding hydrogens is 502 g/mol. The highest BCUT2D eigenvalue weighted by atomic mass is 16.6. The molecule has 0 aliphatic rings. The molecule has 0 fully saturated rings. The fourth-order valence-corrected chi connectivity index (χ4v) is 4.78. The number of nitrogens with one attached hydrogen (secondary N) is 1. The minimum atomic E-state index is -1.02. The molecule has 2 N–H and O–H groups in total. The molecular formula is C33H35N3O4. The van der Waals surface area contributed by atoms with Gasteiger partial charge >= 0.3 is 12.1 Å². The number of ether oxygens (including phenoxy) is 1. The summed E-state index contributed by atoms with van der Waals surface area (Å²) < 4.78 is 7.28. The fraction of sp³-hybridized carbons (Fsp3) is 0.242. The molecule has 4 rings (SSSR count). The molecule has 0 aliphatic carbocycles.